The van der Waals surface area contributed by atoms with E-state index in [4.69, 9.17) is 0 Å². The van der Waals surface area contributed by atoms with Crippen molar-refractivity contribution in [3.8, 4) is 0 Å². The van der Waals surface area contributed by atoms with Crippen molar-refractivity contribution in [3.05, 3.63) is 78.3 Å². The standard InChI is InChI=1S/C19H20N/c1-4-19(3,16-11-6-5-7-12-16)17-13-15-10-8-9-14(2)18(15)20-17/h5-13,20H,1,4H2,2-3H3. The van der Waals surface area contributed by atoms with E-state index >= 15 is 0 Å². The third-order valence-corrected chi connectivity index (χ3v) is 4.37. The summed E-state index contributed by atoms with van der Waals surface area (Å²) in [6.07, 6.45) is 0.822. The van der Waals surface area contributed by atoms with E-state index in [0.29, 0.717) is 0 Å². The van der Waals surface area contributed by atoms with E-state index < -0.39 is 0 Å². The maximum Gasteiger partial charge on any atom is 0.0486 e. The smallest absolute Gasteiger partial charge is 0.0486 e. The summed E-state index contributed by atoms with van der Waals surface area (Å²) in [5.41, 5.74) is 4.99. The van der Waals surface area contributed by atoms with Gasteiger partial charge in [0.2, 0.25) is 0 Å². The fraction of sp³-hybridized carbons (Fsp3) is 0.211. The number of hydrogen-bond acceptors (Lipinski definition) is 0. The van der Waals surface area contributed by atoms with Gasteiger partial charge in [-0.05, 0) is 42.8 Å². The minimum atomic E-state index is -0.0767. The number of aromatic nitrogens is 1. The van der Waals surface area contributed by atoms with Gasteiger partial charge in [-0.2, -0.15) is 0 Å². The maximum atomic E-state index is 4.18. The summed E-state index contributed by atoms with van der Waals surface area (Å²) < 4.78 is 0. The first-order valence-corrected chi connectivity index (χ1v) is 7.09. The molecule has 1 nitrogen and oxygen atoms in total. The third kappa shape index (κ3) is 1.94. The van der Waals surface area contributed by atoms with Crippen LogP contribution in [0.2, 0.25) is 0 Å². The van der Waals surface area contributed by atoms with Crippen LogP contribution in [0.3, 0.4) is 0 Å². The van der Waals surface area contributed by atoms with Crippen LogP contribution < -0.4 is 0 Å². The lowest BCUT2D eigenvalue weighted by Crippen LogP contribution is -2.23. The molecule has 1 unspecified atom stereocenters. The molecule has 2 aromatic carbocycles. The molecule has 1 heteroatoms. The number of fused-ring (bicyclic) bond motifs is 1. The van der Waals surface area contributed by atoms with Gasteiger partial charge < -0.3 is 4.98 Å². The van der Waals surface area contributed by atoms with Crippen molar-refractivity contribution in [2.75, 3.05) is 0 Å². The lowest BCUT2D eigenvalue weighted by Gasteiger charge is -2.28. The Morgan fingerprint density at radius 1 is 1.05 bits per heavy atom. The molecule has 1 radical (unpaired) electrons. The molecular formula is C19H20N. The fourth-order valence-electron chi connectivity index (χ4n) is 2.85. The van der Waals surface area contributed by atoms with Crippen LogP contribution >= 0.6 is 0 Å². The first-order chi connectivity index (χ1) is 9.65. The Hall–Kier alpha value is -2.02. The van der Waals surface area contributed by atoms with Crippen molar-refractivity contribution in [2.24, 2.45) is 0 Å². The molecular weight excluding hydrogens is 242 g/mol. The molecule has 0 spiro atoms. The number of aromatic amines is 1. The van der Waals surface area contributed by atoms with Gasteiger partial charge >= 0.3 is 0 Å². The Morgan fingerprint density at radius 2 is 1.80 bits per heavy atom. The van der Waals surface area contributed by atoms with Crippen molar-refractivity contribution in [2.45, 2.75) is 25.7 Å². The molecule has 1 aromatic heterocycles. The monoisotopic (exact) mass is 262 g/mol. The van der Waals surface area contributed by atoms with Crippen LogP contribution in [-0.2, 0) is 5.41 Å². The van der Waals surface area contributed by atoms with E-state index in [1.54, 1.807) is 0 Å². The summed E-state index contributed by atoms with van der Waals surface area (Å²) in [7, 11) is 0. The molecule has 20 heavy (non-hydrogen) atoms. The Balaban J connectivity index is 2.19. The number of H-pyrrole nitrogens is 1. The number of benzene rings is 2. The van der Waals surface area contributed by atoms with E-state index in [0.717, 1.165) is 6.42 Å². The largest absolute Gasteiger partial charge is 0.357 e. The Morgan fingerprint density at radius 3 is 2.45 bits per heavy atom. The first-order valence-electron chi connectivity index (χ1n) is 7.09. The molecule has 101 valence electrons. The van der Waals surface area contributed by atoms with Crippen LogP contribution in [0.25, 0.3) is 10.9 Å². The second kappa shape index (κ2) is 4.82. The van der Waals surface area contributed by atoms with E-state index in [1.165, 1.54) is 27.7 Å². The molecule has 0 bridgehead atoms. The number of rotatable bonds is 3. The third-order valence-electron chi connectivity index (χ3n) is 4.37. The molecule has 0 aliphatic carbocycles. The molecule has 3 aromatic rings. The molecule has 3 rings (SSSR count). The molecule has 0 aliphatic rings. The van der Waals surface area contributed by atoms with Crippen LogP contribution in [0, 0.1) is 13.8 Å². The van der Waals surface area contributed by atoms with E-state index in [-0.39, 0.29) is 5.41 Å². The summed E-state index contributed by atoms with van der Waals surface area (Å²) in [5.74, 6) is 0. The zero-order valence-electron chi connectivity index (χ0n) is 12.1. The first kappa shape index (κ1) is 13.0. The molecule has 0 saturated heterocycles. The van der Waals surface area contributed by atoms with Gasteiger partial charge in [-0.3, -0.25) is 0 Å². The highest BCUT2D eigenvalue weighted by molar-refractivity contribution is 5.83. The van der Waals surface area contributed by atoms with Crippen LogP contribution in [0.4, 0.5) is 0 Å². The predicted molar refractivity (Wildman–Crippen MR) is 85.9 cm³/mol. The quantitative estimate of drug-likeness (QED) is 0.683. The molecule has 1 atom stereocenters. The van der Waals surface area contributed by atoms with Gasteiger partial charge in [-0.25, -0.2) is 0 Å². The van der Waals surface area contributed by atoms with E-state index in [9.17, 15) is 0 Å². The van der Waals surface area contributed by atoms with Crippen LogP contribution in [-0.4, -0.2) is 4.98 Å². The van der Waals surface area contributed by atoms with E-state index in [1.807, 2.05) is 0 Å². The van der Waals surface area contributed by atoms with Gasteiger partial charge in [0.15, 0.2) is 0 Å². The normalized spacial score (nSPS) is 14.3. The number of hydrogen-bond donors (Lipinski definition) is 1. The predicted octanol–water partition coefficient (Wildman–Crippen LogP) is 5.01. The summed E-state index contributed by atoms with van der Waals surface area (Å²) in [6, 6.07) is 19.3. The Kier molecular flexibility index (Phi) is 3.13. The second-order valence-electron chi connectivity index (χ2n) is 5.67. The van der Waals surface area contributed by atoms with Crippen LogP contribution in [0.15, 0.2) is 54.6 Å². The fourth-order valence-corrected chi connectivity index (χ4v) is 2.85. The topological polar surface area (TPSA) is 15.8 Å². The number of aryl methyl sites for hydroxylation is 1. The highest BCUT2D eigenvalue weighted by Gasteiger charge is 2.28. The summed E-state index contributed by atoms with van der Waals surface area (Å²) in [5, 5.41) is 1.27. The van der Waals surface area contributed by atoms with Crippen molar-refractivity contribution in [1.82, 2.24) is 4.98 Å². The second-order valence-corrected chi connectivity index (χ2v) is 5.67. The lowest BCUT2D eigenvalue weighted by molar-refractivity contribution is 0.564. The minimum absolute atomic E-state index is 0.0767. The van der Waals surface area contributed by atoms with Gasteiger partial charge in [0, 0.05) is 16.6 Å². The Bertz CT molecular complexity index is 724. The van der Waals surface area contributed by atoms with Crippen LogP contribution in [0.5, 0.6) is 0 Å². The van der Waals surface area contributed by atoms with E-state index in [2.05, 4.69) is 80.4 Å². The van der Waals surface area contributed by atoms with Gasteiger partial charge in [-0.15, -0.1) is 0 Å². The molecule has 0 saturated carbocycles. The van der Waals surface area contributed by atoms with Crippen molar-refractivity contribution in [1.29, 1.82) is 0 Å². The van der Waals surface area contributed by atoms with Crippen molar-refractivity contribution in [3.63, 3.8) is 0 Å². The molecule has 1 heterocycles. The average molecular weight is 262 g/mol. The summed E-state index contributed by atoms with van der Waals surface area (Å²) >= 11 is 0. The minimum Gasteiger partial charge on any atom is -0.357 e. The molecule has 1 N–H and O–H groups in total. The van der Waals surface area contributed by atoms with Gasteiger partial charge in [0.25, 0.3) is 0 Å². The molecule has 0 aliphatic heterocycles. The summed E-state index contributed by atoms with van der Waals surface area (Å²) in [4.78, 5) is 3.61. The highest BCUT2D eigenvalue weighted by Crippen LogP contribution is 2.36. The highest BCUT2D eigenvalue weighted by atomic mass is 14.7. The zero-order valence-corrected chi connectivity index (χ0v) is 12.1. The van der Waals surface area contributed by atoms with Crippen LogP contribution in [0.1, 0.15) is 30.2 Å². The van der Waals surface area contributed by atoms with Gasteiger partial charge in [0.1, 0.15) is 0 Å². The zero-order chi connectivity index (χ0) is 14.2. The molecule has 0 amide bonds. The summed E-state index contributed by atoms with van der Waals surface area (Å²) in [6.45, 7) is 8.59. The van der Waals surface area contributed by atoms with Gasteiger partial charge in [0.05, 0.1) is 0 Å². The van der Waals surface area contributed by atoms with Crippen molar-refractivity contribution >= 4 is 10.9 Å². The SMILES string of the molecule is [CH2]CC(C)(c1ccccc1)c1cc2cccc(C)c2[nH]1. The molecule has 0 fully saturated rings. The van der Waals surface area contributed by atoms with Gasteiger partial charge in [-0.1, -0.05) is 55.5 Å². The number of para-hydroxylation sites is 1. The average Bonchev–Trinajstić information content (AvgIpc) is 2.93. The lowest BCUT2D eigenvalue weighted by atomic mass is 9.77. The Labute approximate surface area is 120 Å². The maximum absolute atomic E-state index is 4.18. The van der Waals surface area contributed by atoms with Crippen molar-refractivity contribution < 1.29 is 0 Å². The number of nitrogens with one attached hydrogen (secondary N) is 1.